The van der Waals surface area contributed by atoms with Crippen molar-refractivity contribution in [3.8, 4) is 0 Å². The van der Waals surface area contributed by atoms with E-state index in [-0.39, 0.29) is 43.4 Å². The average molecular weight is 696 g/mol. The molecule has 3 aliphatic heterocycles. The molecule has 0 saturated carbocycles. The van der Waals surface area contributed by atoms with Crippen LogP contribution in [0.25, 0.3) is 0 Å². The van der Waals surface area contributed by atoms with E-state index in [4.69, 9.17) is 14.2 Å². The predicted molar refractivity (Wildman–Crippen MR) is 190 cm³/mol. The molecule has 11 nitrogen and oxygen atoms in total. The summed E-state index contributed by atoms with van der Waals surface area (Å²) >= 11 is 0. The van der Waals surface area contributed by atoms with Crippen molar-refractivity contribution >= 4 is 23.7 Å². The van der Waals surface area contributed by atoms with Gasteiger partial charge in [-0.25, -0.2) is 0 Å². The second-order valence-corrected chi connectivity index (χ2v) is 13.9. The lowest BCUT2D eigenvalue weighted by Gasteiger charge is -2.39. The number of likely N-dealkylation sites (tertiary alicyclic amines) is 1. The van der Waals surface area contributed by atoms with E-state index >= 15 is 0 Å². The van der Waals surface area contributed by atoms with Gasteiger partial charge in [-0.1, -0.05) is 68.7 Å². The first kappa shape index (κ1) is 39.2. The van der Waals surface area contributed by atoms with Gasteiger partial charge in [-0.05, 0) is 51.0 Å². The summed E-state index contributed by atoms with van der Waals surface area (Å²) < 4.78 is 18.5. The number of allylic oxidation sites excluding steroid dienone is 1. The van der Waals surface area contributed by atoms with Crippen LogP contribution in [-0.2, 0) is 33.4 Å². The van der Waals surface area contributed by atoms with Crippen molar-refractivity contribution in [2.24, 2.45) is 11.8 Å². The summed E-state index contributed by atoms with van der Waals surface area (Å²) in [4.78, 5) is 59.9. The fraction of sp³-hybridized carbons (Fsp3) is 0.641. The van der Waals surface area contributed by atoms with E-state index in [1.165, 1.54) is 7.11 Å². The van der Waals surface area contributed by atoms with Crippen LogP contribution in [0, 0.1) is 11.8 Å². The van der Waals surface area contributed by atoms with E-state index in [2.05, 4.69) is 25.4 Å². The summed E-state index contributed by atoms with van der Waals surface area (Å²) in [5.41, 5.74) is -0.488. The number of carbonyl (C=O) groups excluding carboxylic acids is 4. The molecule has 1 aromatic carbocycles. The van der Waals surface area contributed by atoms with Crippen molar-refractivity contribution in [1.29, 1.82) is 0 Å². The number of benzene rings is 1. The van der Waals surface area contributed by atoms with Gasteiger partial charge in [-0.15, -0.1) is 13.2 Å². The van der Waals surface area contributed by atoms with Crippen molar-refractivity contribution < 1.29 is 38.5 Å². The van der Waals surface area contributed by atoms with Gasteiger partial charge < -0.3 is 34.4 Å². The molecular formula is C39H57N3O8. The summed E-state index contributed by atoms with van der Waals surface area (Å²) in [5, 5.41) is 12.2. The average Bonchev–Trinajstić information content (AvgIpc) is 3.75. The number of carbonyl (C=O) groups is 4. The smallest absolute Gasteiger partial charge is 0.313 e. The number of aliphatic hydroxyl groups is 1. The van der Waals surface area contributed by atoms with Gasteiger partial charge in [0.2, 0.25) is 17.7 Å². The molecule has 11 heteroatoms. The minimum Gasteiger partial charge on any atom is -0.455 e. The number of unbranched alkanes of at least 4 members (excludes halogenated alkanes) is 3. The van der Waals surface area contributed by atoms with E-state index in [9.17, 15) is 24.3 Å². The number of amides is 3. The van der Waals surface area contributed by atoms with Crippen molar-refractivity contribution in [1.82, 2.24) is 15.1 Å². The number of rotatable bonds is 22. The van der Waals surface area contributed by atoms with Gasteiger partial charge in [-0.2, -0.15) is 0 Å². The van der Waals surface area contributed by atoms with Crippen LogP contribution in [0.5, 0.6) is 0 Å². The number of hydrogen-bond acceptors (Lipinski definition) is 8. The molecule has 1 aromatic rings. The maximum absolute atomic E-state index is 14.6. The highest BCUT2D eigenvalue weighted by atomic mass is 16.6. The fourth-order valence-corrected chi connectivity index (χ4v) is 8.17. The summed E-state index contributed by atoms with van der Waals surface area (Å²) in [5.74, 6) is -3.07. The number of ether oxygens (including phenoxy) is 3. The van der Waals surface area contributed by atoms with Gasteiger partial charge in [-0.3, -0.25) is 19.2 Å². The summed E-state index contributed by atoms with van der Waals surface area (Å²) in [7, 11) is 1.52. The molecule has 276 valence electrons. The first-order chi connectivity index (χ1) is 24.2. The molecule has 0 aliphatic carbocycles. The van der Waals surface area contributed by atoms with Crippen LogP contribution in [0.3, 0.4) is 0 Å². The number of nitrogens with zero attached hydrogens (tertiary/aromatic N) is 2. The molecule has 3 amide bonds. The lowest BCUT2D eigenvalue weighted by Crippen LogP contribution is -2.57. The summed E-state index contributed by atoms with van der Waals surface area (Å²) in [6, 6.07) is 7.52. The van der Waals surface area contributed by atoms with Gasteiger partial charge >= 0.3 is 5.97 Å². The Morgan fingerprint density at radius 1 is 1.16 bits per heavy atom. The largest absolute Gasteiger partial charge is 0.455 e. The highest BCUT2D eigenvalue weighted by Crippen LogP contribution is 2.59. The van der Waals surface area contributed by atoms with Crippen molar-refractivity contribution in [2.75, 3.05) is 33.4 Å². The van der Waals surface area contributed by atoms with Gasteiger partial charge in [0.15, 0.2) is 0 Å². The Kier molecular flexibility index (Phi) is 14.6. The van der Waals surface area contributed by atoms with Crippen molar-refractivity contribution in [2.45, 2.75) is 114 Å². The molecule has 50 heavy (non-hydrogen) atoms. The third kappa shape index (κ3) is 8.49. The quantitative estimate of drug-likeness (QED) is 0.103. The van der Waals surface area contributed by atoms with E-state index in [0.29, 0.717) is 50.8 Å². The summed E-state index contributed by atoms with van der Waals surface area (Å²) in [6.07, 6.45) is 8.21. The Morgan fingerprint density at radius 3 is 2.56 bits per heavy atom. The van der Waals surface area contributed by atoms with Crippen LogP contribution < -0.4 is 5.32 Å². The molecule has 2 N–H and O–H groups in total. The first-order valence-corrected chi connectivity index (χ1v) is 18.3. The van der Waals surface area contributed by atoms with Gasteiger partial charge in [0.1, 0.15) is 17.7 Å². The summed E-state index contributed by atoms with van der Waals surface area (Å²) in [6.45, 7) is 12.5. The third-order valence-electron chi connectivity index (χ3n) is 10.5. The van der Waals surface area contributed by atoms with E-state index in [1.807, 2.05) is 37.3 Å². The molecule has 3 aliphatic rings. The number of esters is 1. The van der Waals surface area contributed by atoms with Gasteiger partial charge in [0.05, 0.1) is 30.6 Å². The molecule has 4 rings (SSSR count). The van der Waals surface area contributed by atoms with E-state index < -0.39 is 47.7 Å². The molecular weight excluding hydrogens is 638 g/mol. The lowest BCUT2D eigenvalue weighted by atomic mass is 9.70. The maximum atomic E-state index is 14.6. The second kappa shape index (κ2) is 18.6. The molecule has 0 radical (unpaired) electrons. The number of fused-ring (bicyclic) bond motifs is 1. The Balaban J connectivity index is 1.68. The molecule has 1 spiro atoms. The molecule has 8 atom stereocenters. The fourth-order valence-electron chi connectivity index (χ4n) is 8.17. The van der Waals surface area contributed by atoms with Crippen LogP contribution in [-0.4, -0.2) is 102 Å². The zero-order chi connectivity index (χ0) is 36.3. The highest BCUT2D eigenvalue weighted by molar-refractivity contribution is 5.98. The highest BCUT2D eigenvalue weighted by Gasteiger charge is 2.75. The van der Waals surface area contributed by atoms with Crippen LogP contribution >= 0.6 is 0 Å². The van der Waals surface area contributed by atoms with Crippen LogP contribution in [0.2, 0.25) is 0 Å². The molecule has 1 unspecified atom stereocenters. The van der Waals surface area contributed by atoms with Crippen molar-refractivity contribution in [3.63, 3.8) is 0 Å². The minimum absolute atomic E-state index is 0.0761. The Hall–Kier alpha value is -3.54. The van der Waals surface area contributed by atoms with E-state index in [1.54, 1.807) is 22.0 Å². The lowest BCUT2D eigenvalue weighted by molar-refractivity contribution is -0.163. The molecule has 3 fully saturated rings. The second-order valence-electron chi connectivity index (χ2n) is 13.9. The molecule has 2 bridgehead atoms. The molecule has 0 aromatic heterocycles. The van der Waals surface area contributed by atoms with Crippen LogP contribution in [0.15, 0.2) is 55.6 Å². The standard InChI is InChI=1S/C39H57N3O8/c1-6-9-20-31(44)40-29(26-48-5)34(28-18-13-12-14-19-28)49-38(47)32-30-21-22-39(50-30)33(32)36(45)42(24-15-10-11-16-25-43)35(39)37(46)41(23-8-3)27(4)17-7-2/h6,8,12-14,18-19,27,29-30,32-35,43H,1,3,7,9-11,15-17,20-26H2,2,4-5H3,(H,40,44)/t27?,29-,30-,32+,33+,34-,35-,39+/m1/s1. The molecule has 3 heterocycles. The zero-order valence-corrected chi connectivity index (χ0v) is 30.1. The Bertz CT molecular complexity index is 1320. The maximum Gasteiger partial charge on any atom is 0.313 e. The van der Waals surface area contributed by atoms with Gasteiger partial charge in [0, 0.05) is 39.3 Å². The monoisotopic (exact) mass is 695 g/mol. The SMILES string of the molecule is C=CCCC(=O)N[C@H](COC)[C@H](OC(=O)[C@@H]1[C@H]2C(=O)N(CCCCCCO)[C@H](C(=O)N(CC=C)C(C)CCC)[C@]23CC[C@H]1O3)c1ccccc1. The normalized spacial score (nSPS) is 25.4. The number of aliphatic hydroxyl groups excluding tert-OH is 1. The Labute approximate surface area is 297 Å². The van der Waals surface area contributed by atoms with E-state index in [0.717, 1.165) is 25.7 Å². The number of hydrogen-bond donors (Lipinski definition) is 2. The van der Waals surface area contributed by atoms with Crippen LogP contribution in [0.4, 0.5) is 0 Å². The number of methoxy groups -OCH3 is 1. The van der Waals surface area contributed by atoms with Crippen LogP contribution in [0.1, 0.15) is 89.7 Å². The minimum atomic E-state index is -1.16. The van der Waals surface area contributed by atoms with Gasteiger partial charge in [0.25, 0.3) is 0 Å². The van der Waals surface area contributed by atoms with Crippen molar-refractivity contribution in [3.05, 3.63) is 61.2 Å². The zero-order valence-electron chi connectivity index (χ0n) is 30.1. The predicted octanol–water partition coefficient (Wildman–Crippen LogP) is 4.50. The Morgan fingerprint density at radius 2 is 1.90 bits per heavy atom. The third-order valence-corrected chi connectivity index (χ3v) is 10.5. The molecule has 3 saturated heterocycles. The number of nitrogens with one attached hydrogen (secondary N) is 1. The first-order valence-electron chi connectivity index (χ1n) is 18.3. The topological polar surface area (TPSA) is 135 Å².